The molecule has 0 aliphatic carbocycles. The second kappa shape index (κ2) is 10.3. The summed E-state index contributed by atoms with van der Waals surface area (Å²) in [5.74, 6) is 1.61. The van der Waals surface area contributed by atoms with Crippen molar-refractivity contribution in [1.82, 2.24) is 14.7 Å². The van der Waals surface area contributed by atoms with E-state index in [2.05, 4.69) is 15.2 Å². The molecule has 0 spiro atoms. The van der Waals surface area contributed by atoms with Crippen LogP contribution in [0.25, 0.3) is 16.9 Å². The highest BCUT2D eigenvalue weighted by Crippen LogP contribution is 2.29. The third-order valence-electron chi connectivity index (χ3n) is 6.25. The van der Waals surface area contributed by atoms with Gasteiger partial charge in [0.25, 0.3) is 0 Å². The van der Waals surface area contributed by atoms with E-state index in [-0.39, 0.29) is 5.78 Å². The molecule has 0 N–H and O–H groups in total. The number of thiophene rings is 1. The Morgan fingerprint density at radius 1 is 0.914 bits per heavy atom. The molecule has 0 amide bonds. The first-order valence-corrected chi connectivity index (χ1v) is 12.5. The summed E-state index contributed by atoms with van der Waals surface area (Å²) in [5, 5.41) is 8.85. The van der Waals surface area contributed by atoms with Crippen LogP contribution in [-0.4, -0.2) is 67.4 Å². The zero-order chi connectivity index (χ0) is 24.2. The summed E-state index contributed by atoms with van der Waals surface area (Å²) in [6.45, 7) is 3.59. The van der Waals surface area contributed by atoms with Crippen LogP contribution in [0.2, 0.25) is 0 Å². The molecular formula is C27H28N4O3S. The summed E-state index contributed by atoms with van der Waals surface area (Å²) in [6.07, 6.45) is 0. The molecule has 8 heteroatoms. The van der Waals surface area contributed by atoms with Crippen molar-refractivity contribution in [3.8, 4) is 28.4 Å². The average Bonchev–Trinajstić information content (AvgIpc) is 3.60. The number of ether oxygens (including phenoxy) is 2. The van der Waals surface area contributed by atoms with Crippen LogP contribution in [0.3, 0.4) is 0 Å². The SMILES string of the molecule is COc1cc(OC)cc(N2CCN(CC(=O)c3cc(-c4ccsc4)nn3-c3ccccc3)CC2)c1. The molecule has 5 rings (SSSR count). The van der Waals surface area contributed by atoms with E-state index in [1.54, 1.807) is 30.2 Å². The van der Waals surface area contributed by atoms with Crippen LogP contribution in [0.15, 0.2) is 71.4 Å². The number of para-hydroxylation sites is 1. The molecule has 0 atom stereocenters. The standard InChI is InChI=1S/C27H28N4O3S/c1-33-23-14-22(15-24(16-23)34-2)30-11-9-29(10-12-30)18-27(32)26-17-25(20-8-13-35-19-20)28-31(26)21-6-4-3-5-7-21/h3-8,13-17,19H,9-12,18H2,1-2H3. The topological polar surface area (TPSA) is 59.8 Å². The van der Waals surface area contributed by atoms with Crippen molar-refractivity contribution in [2.24, 2.45) is 0 Å². The number of hydrogen-bond donors (Lipinski definition) is 0. The Bertz CT molecular complexity index is 1260. The van der Waals surface area contributed by atoms with E-state index in [4.69, 9.17) is 14.6 Å². The highest BCUT2D eigenvalue weighted by molar-refractivity contribution is 7.08. The van der Waals surface area contributed by atoms with E-state index in [0.29, 0.717) is 12.2 Å². The van der Waals surface area contributed by atoms with Gasteiger partial charge in [-0.25, -0.2) is 4.68 Å². The lowest BCUT2D eigenvalue weighted by molar-refractivity contribution is 0.0918. The maximum atomic E-state index is 13.5. The zero-order valence-electron chi connectivity index (χ0n) is 19.9. The Morgan fingerprint density at radius 3 is 2.26 bits per heavy atom. The number of piperazine rings is 1. The molecule has 4 aromatic rings. The van der Waals surface area contributed by atoms with Gasteiger partial charge in [-0.1, -0.05) is 18.2 Å². The summed E-state index contributed by atoms with van der Waals surface area (Å²) in [7, 11) is 3.32. The summed E-state index contributed by atoms with van der Waals surface area (Å²) in [4.78, 5) is 18.0. The number of Topliss-reactive ketones (excluding diaryl/α,β-unsaturated/α-hetero) is 1. The third kappa shape index (κ3) is 5.08. The maximum absolute atomic E-state index is 13.5. The Balaban J connectivity index is 1.30. The molecule has 1 aliphatic rings. The first kappa shape index (κ1) is 23.1. The summed E-state index contributed by atoms with van der Waals surface area (Å²) in [5.41, 5.74) is 4.40. The van der Waals surface area contributed by atoms with Gasteiger partial charge in [0.2, 0.25) is 0 Å². The molecule has 0 bridgehead atoms. The average molecular weight is 489 g/mol. The number of nitrogens with zero attached hydrogens (tertiary/aromatic N) is 4. The van der Waals surface area contributed by atoms with E-state index >= 15 is 0 Å². The van der Waals surface area contributed by atoms with Crippen LogP contribution in [0.5, 0.6) is 11.5 Å². The highest BCUT2D eigenvalue weighted by atomic mass is 32.1. The summed E-state index contributed by atoms with van der Waals surface area (Å²) >= 11 is 1.62. The first-order valence-electron chi connectivity index (χ1n) is 11.6. The minimum Gasteiger partial charge on any atom is -0.497 e. The van der Waals surface area contributed by atoms with Crippen LogP contribution < -0.4 is 14.4 Å². The van der Waals surface area contributed by atoms with Crippen molar-refractivity contribution in [2.45, 2.75) is 0 Å². The van der Waals surface area contributed by atoms with Gasteiger partial charge >= 0.3 is 0 Å². The molecule has 1 aliphatic heterocycles. The molecule has 7 nitrogen and oxygen atoms in total. The van der Waals surface area contributed by atoms with Gasteiger partial charge in [-0.2, -0.15) is 16.4 Å². The minimum absolute atomic E-state index is 0.0688. The lowest BCUT2D eigenvalue weighted by Gasteiger charge is -2.36. The lowest BCUT2D eigenvalue weighted by atomic mass is 10.1. The Labute approximate surface area is 209 Å². The fourth-order valence-electron chi connectivity index (χ4n) is 4.32. The van der Waals surface area contributed by atoms with Crippen molar-refractivity contribution >= 4 is 22.8 Å². The molecule has 2 aromatic carbocycles. The fourth-order valence-corrected chi connectivity index (χ4v) is 4.97. The van der Waals surface area contributed by atoms with Gasteiger partial charge in [0.1, 0.15) is 17.2 Å². The molecule has 1 saturated heterocycles. The number of methoxy groups -OCH3 is 2. The number of hydrogen-bond acceptors (Lipinski definition) is 7. The van der Waals surface area contributed by atoms with E-state index in [1.807, 2.05) is 66.0 Å². The molecule has 0 saturated carbocycles. The Kier molecular flexibility index (Phi) is 6.83. The van der Waals surface area contributed by atoms with Gasteiger partial charge in [0.05, 0.1) is 32.1 Å². The second-order valence-corrected chi connectivity index (χ2v) is 9.21. The first-order chi connectivity index (χ1) is 17.1. The Morgan fingerprint density at radius 2 is 1.63 bits per heavy atom. The number of aromatic nitrogens is 2. The van der Waals surface area contributed by atoms with E-state index in [0.717, 1.165) is 60.3 Å². The van der Waals surface area contributed by atoms with Gasteiger partial charge in [0, 0.05) is 61.0 Å². The molecular weight excluding hydrogens is 460 g/mol. The quantitative estimate of drug-likeness (QED) is 0.337. The van der Waals surface area contributed by atoms with Crippen molar-refractivity contribution in [2.75, 3.05) is 51.8 Å². The normalized spacial score (nSPS) is 14.2. The van der Waals surface area contributed by atoms with Crippen molar-refractivity contribution in [3.63, 3.8) is 0 Å². The number of ketones is 1. The second-order valence-electron chi connectivity index (χ2n) is 8.43. The largest absolute Gasteiger partial charge is 0.497 e. The van der Waals surface area contributed by atoms with Crippen molar-refractivity contribution < 1.29 is 14.3 Å². The van der Waals surface area contributed by atoms with Crippen LogP contribution >= 0.6 is 11.3 Å². The molecule has 1 fully saturated rings. The van der Waals surface area contributed by atoms with Crippen molar-refractivity contribution in [1.29, 1.82) is 0 Å². The summed E-state index contributed by atoms with van der Waals surface area (Å²) in [6, 6.07) is 19.7. The van der Waals surface area contributed by atoms with Gasteiger partial charge in [-0.05, 0) is 29.6 Å². The predicted octanol–water partition coefficient (Wildman–Crippen LogP) is 4.62. The van der Waals surface area contributed by atoms with Crippen LogP contribution in [-0.2, 0) is 0 Å². The number of carbonyl (C=O) groups excluding carboxylic acids is 1. The predicted molar refractivity (Wildman–Crippen MR) is 139 cm³/mol. The molecule has 180 valence electrons. The highest BCUT2D eigenvalue weighted by Gasteiger charge is 2.24. The number of carbonyl (C=O) groups is 1. The van der Waals surface area contributed by atoms with Gasteiger partial charge in [0.15, 0.2) is 5.78 Å². The zero-order valence-corrected chi connectivity index (χ0v) is 20.7. The smallest absolute Gasteiger partial charge is 0.195 e. The van der Waals surface area contributed by atoms with E-state index in [1.165, 1.54) is 0 Å². The monoisotopic (exact) mass is 488 g/mol. The maximum Gasteiger partial charge on any atom is 0.195 e. The molecule has 35 heavy (non-hydrogen) atoms. The van der Waals surface area contributed by atoms with Crippen molar-refractivity contribution in [3.05, 3.63) is 77.1 Å². The minimum atomic E-state index is 0.0688. The van der Waals surface area contributed by atoms with Crippen LogP contribution in [0, 0.1) is 0 Å². The molecule has 2 aromatic heterocycles. The van der Waals surface area contributed by atoms with Gasteiger partial charge in [-0.15, -0.1) is 0 Å². The van der Waals surface area contributed by atoms with E-state index in [9.17, 15) is 4.79 Å². The molecule has 3 heterocycles. The third-order valence-corrected chi connectivity index (χ3v) is 6.94. The van der Waals surface area contributed by atoms with Crippen LogP contribution in [0.4, 0.5) is 5.69 Å². The Hall–Kier alpha value is -3.62. The lowest BCUT2D eigenvalue weighted by Crippen LogP contribution is -2.48. The molecule has 0 unspecified atom stereocenters. The van der Waals surface area contributed by atoms with Gasteiger partial charge < -0.3 is 14.4 Å². The summed E-state index contributed by atoms with van der Waals surface area (Å²) < 4.78 is 12.6. The molecule has 0 radical (unpaired) electrons. The van der Waals surface area contributed by atoms with E-state index < -0.39 is 0 Å². The van der Waals surface area contributed by atoms with Crippen LogP contribution in [0.1, 0.15) is 10.5 Å². The number of benzene rings is 2. The fraction of sp³-hybridized carbons (Fsp3) is 0.259. The van der Waals surface area contributed by atoms with Gasteiger partial charge in [-0.3, -0.25) is 9.69 Å². The number of anilines is 1. The number of rotatable bonds is 8.